The topological polar surface area (TPSA) is 106 Å². The number of aliphatic carboxylic acids is 1. The van der Waals surface area contributed by atoms with Crippen LogP contribution >= 0.6 is 0 Å². The van der Waals surface area contributed by atoms with Crippen LogP contribution in [0.2, 0.25) is 0 Å². The van der Waals surface area contributed by atoms with Crippen molar-refractivity contribution in [1.29, 1.82) is 0 Å². The fourth-order valence-electron chi connectivity index (χ4n) is 4.61. The molecule has 2 atom stereocenters. The lowest BCUT2D eigenvalue weighted by Crippen LogP contribution is -2.43. The Balaban J connectivity index is 1.57. The second-order valence-corrected chi connectivity index (χ2v) is 8.54. The molecule has 7 nitrogen and oxygen atoms in total. The molecule has 2 unspecified atom stereocenters. The molecule has 32 heavy (non-hydrogen) atoms. The van der Waals surface area contributed by atoms with Gasteiger partial charge in [-0.05, 0) is 54.2 Å². The summed E-state index contributed by atoms with van der Waals surface area (Å²) in [7, 11) is 0. The van der Waals surface area contributed by atoms with Crippen molar-refractivity contribution < 1.29 is 9.90 Å². The van der Waals surface area contributed by atoms with Crippen LogP contribution in [0.15, 0.2) is 42.6 Å². The molecule has 0 saturated carbocycles. The summed E-state index contributed by atoms with van der Waals surface area (Å²) in [5.41, 5.74) is 10.0. The van der Waals surface area contributed by atoms with Crippen molar-refractivity contribution in [3.8, 4) is 0 Å². The first-order chi connectivity index (χ1) is 15.6. The van der Waals surface area contributed by atoms with E-state index in [2.05, 4.69) is 52.9 Å². The zero-order chi connectivity index (χ0) is 22.1. The van der Waals surface area contributed by atoms with E-state index in [1.807, 2.05) is 12.3 Å². The number of fused-ring (bicyclic) bond motifs is 2. The average Bonchev–Trinajstić information content (AvgIpc) is 3.26. The number of rotatable bonds is 3. The predicted molar refractivity (Wildman–Crippen MR) is 125 cm³/mol. The summed E-state index contributed by atoms with van der Waals surface area (Å²) < 4.78 is 1.69. The van der Waals surface area contributed by atoms with Gasteiger partial charge >= 0.3 is 5.97 Å². The maximum atomic E-state index is 11.3. The summed E-state index contributed by atoms with van der Waals surface area (Å²) in [5, 5.41) is 19.3. The summed E-state index contributed by atoms with van der Waals surface area (Å²) in [6, 6.07) is 9.79. The van der Waals surface area contributed by atoms with Gasteiger partial charge in [-0.2, -0.15) is 9.61 Å². The van der Waals surface area contributed by atoms with Crippen LogP contribution in [0.5, 0.6) is 0 Å². The standard InChI is InChI=1S/C25H27N5O2/c26-23-13-22(19-10-11-21(25(31)32)27-14-19)29-24-20(15-28-30(23)24)18-9-3-1-2-6-16-7-4-5-8-17(16)12-18/h4-9,12-13,15,19,21,27H,1-3,10-11,14,26H2,(H,31,32)/b16-6-,17-12-,18-9+. The maximum Gasteiger partial charge on any atom is 0.320 e. The lowest BCUT2D eigenvalue weighted by atomic mass is 9.92. The summed E-state index contributed by atoms with van der Waals surface area (Å²) >= 11 is 0. The first-order valence-corrected chi connectivity index (χ1v) is 11.2. The monoisotopic (exact) mass is 429 g/mol. The molecule has 1 aliphatic carbocycles. The van der Waals surface area contributed by atoms with Crippen LogP contribution in [0, 0.1) is 0 Å². The van der Waals surface area contributed by atoms with Gasteiger partial charge < -0.3 is 16.2 Å². The highest BCUT2D eigenvalue weighted by Crippen LogP contribution is 2.29. The predicted octanol–water partition coefficient (Wildman–Crippen LogP) is 2.06. The molecule has 1 aromatic carbocycles. The van der Waals surface area contributed by atoms with Crippen LogP contribution < -0.4 is 21.5 Å². The number of carboxylic acids is 1. The highest BCUT2D eigenvalue weighted by Gasteiger charge is 2.27. The number of nitrogens with two attached hydrogens (primary N) is 1. The van der Waals surface area contributed by atoms with E-state index in [-0.39, 0.29) is 5.92 Å². The number of piperidine rings is 1. The molecular weight excluding hydrogens is 402 g/mol. The third-order valence-electron chi connectivity index (χ3n) is 6.40. The van der Waals surface area contributed by atoms with Gasteiger partial charge in [-0.1, -0.05) is 36.4 Å². The third kappa shape index (κ3) is 3.91. The number of benzene rings is 1. The molecule has 7 heteroatoms. The number of aromatic nitrogens is 3. The molecule has 164 valence electrons. The highest BCUT2D eigenvalue weighted by molar-refractivity contribution is 5.93. The van der Waals surface area contributed by atoms with Gasteiger partial charge in [0.15, 0.2) is 5.65 Å². The SMILES string of the molecule is Nc1cc(C2CCC(C(=O)O)NC2)nc2c(C3=C\CCC/C=c4/cccc/c4=C/3)cnn12. The van der Waals surface area contributed by atoms with Crippen LogP contribution in [0.3, 0.4) is 0 Å². The maximum absolute atomic E-state index is 11.3. The van der Waals surface area contributed by atoms with Crippen LogP contribution in [0.4, 0.5) is 5.82 Å². The Morgan fingerprint density at radius 2 is 1.97 bits per heavy atom. The normalized spacial score (nSPS) is 25.1. The van der Waals surface area contributed by atoms with E-state index in [0.29, 0.717) is 18.8 Å². The molecule has 4 N–H and O–H groups in total. The molecule has 0 bridgehead atoms. The fraction of sp³-hybridized carbons (Fsp3) is 0.320. The van der Waals surface area contributed by atoms with Gasteiger partial charge in [0.05, 0.1) is 11.9 Å². The van der Waals surface area contributed by atoms with E-state index in [1.165, 1.54) is 10.4 Å². The second kappa shape index (κ2) is 8.59. The minimum absolute atomic E-state index is 0.120. The number of hydrogen-bond donors (Lipinski definition) is 3. The lowest BCUT2D eigenvalue weighted by molar-refractivity contribution is -0.140. The van der Waals surface area contributed by atoms with Gasteiger partial charge in [0.25, 0.3) is 0 Å². The van der Waals surface area contributed by atoms with Gasteiger partial charge in [0, 0.05) is 24.1 Å². The van der Waals surface area contributed by atoms with Crippen LogP contribution in [-0.2, 0) is 4.79 Å². The van der Waals surface area contributed by atoms with Crippen molar-refractivity contribution in [3.05, 3.63) is 64.3 Å². The van der Waals surface area contributed by atoms with Gasteiger partial charge in [0.1, 0.15) is 11.9 Å². The number of allylic oxidation sites excluding steroid dienone is 2. The Morgan fingerprint density at radius 3 is 2.75 bits per heavy atom. The Kier molecular flexibility index (Phi) is 5.49. The second-order valence-electron chi connectivity index (χ2n) is 8.54. The zero-order valence-electron chi connectivity index (χ0n) is 17.9. The van der Waals surface area contributed by atoms with Crippen molar-refractivity contribution in [1.82, 2.24) is 19.9 Å². The number of nitrogens with zero attached hydrogens (tertiary/aromatic N) is 3. The van der Waals surface area contributed by atoms with Crippen molar-refractivity contribution in [3.63, 3.8) is 0 Å². The Morgan fingerprint density at radius 1 is 1.16 bits per heavy atom. The molecule has 0 amide bonds. The third-order valence-corrected chi connectivity index (χ3v) is 6.40. The minimum Gasteiger partial charge on any atom is -0.480 e. The van der Waals surface area contributed by atoms with Gasteiger partial charge in [-0.15, -0.1) is 0 Å². The number of anilines is 1. The zero-order valence-corrected chi connectivity index (χ0v) is 17.9. The Bertz CT molecular complexity index is 1320. The number of nitrogens with one attached hydrogen (secondary N) is 1. The Labute approximate surface area is 186 Å². The van der Waals surface area contributed by atoms with Gasteiger partial charge in [0.2, 0.25) is 0 Å². The molecule has 2 aromatic heterocycles. The van der Waals surface area contributed by atoms with E-state index in [4.69, 9.17) is 10.7 Å². The minimum atomic E-state index is -0.801. The summed E-state index contributed by atoms with van der Waals surface area (Å²) in [6.07, 6.45) is 13.1. The molecule has 1 aliphatic heterocycles. The van der Waals surface area contributed by atoms with E-state index in [9.17, 15) is 9.90 Å². The van der Waals surface area contributed by atoms with Crippen molar-refractivity contribution in [2.24, 2.45) is 0 Å². The summed E-state index contributed by atoms with van der Waals surface area (Å²) in [5.74, 6) is -0.145. The number of carbonyl (C=O) groups is 1. The van der Waals surface area contributed by atoms with Crippen LogP contribution in [0.1, 0.15) is 49.3 Å². The number of hydrogen-bond acceptors (Lipinski definition) is 5. The van der Waals surface area contributed by atoms with Crippen molar-refractivity contribution in [2.45, 2.75) is 44.1 Å². The van der Waals surface area contributed by atoms with Crippen molar-refractivity contribution in [2.75, 3.05) is 12.3 Å². The first kappa shape index (κ1) is 20.5. The lowest BCUT2D eigenvalue weighted by Gasteiger charge is -2.27. The molecule has 0 radical (unpaired) electrons. The molecular formula is C25H27N5O2. The molecule has 2 aliphatic rings. The smallest absolute Gasteiger partial charge is 0.320 e. The van der Waals surface area contributed by atoms with E-state index in [1.54, 1.807) is 4.52 Å². The quantitative estimate of drug-likeness (QED) is 0.589. The molecule has 5 rings (SSSR count). The molecule has 1 saturated heterocycles. The molecule has 3 heterocycles. The van der Waals surface area contributed by atoms with Crippen LogP contribution in [0.25, 0.3) is 23.4 Å². The molecule has 0 spiro atoms. The highest BCUT2D eigenvalue weighted by atomic mass is 16.4. The van der Waals surface area contributed by atoms with E-state index in [0.717, 1.165) is 48.2 Å². The number of carboxylic acid groups (broad SMARTS) is 1. The van der Waals surface area contributed by atoms with E-state index >= 15 is 0 Å². The van der Waals surface area contributed by atoms with Crippen molar-refractivity contribution >= 4 is 35.2 Å². The van der Waals surface area contributed by atoms with Crippen LogP contribution in [-0.4, -0.2) is 38.3 Å². The largest absolute Gasteiger partial charge is 0.480 e. The first-order valence-electron chi connectivity index (χ1n) is 11.2. The van der Waals surface area contributed by atoms with Gasteiger partial charge in [-0.3, -0.25) is 4.79 Å². The summed E-state index contributed by atoms with van der Waals surface area (Å²) in [4.78, 5) is 16.2. The van der Waals surface area contributed by atoms with Gasteiger partial charge in [-0.25, -0.2) is 4.98 Å². The molecule has 1 fully saturated rings. The summed E-state index contributed by atoms with van der Waals surface area (Å²) in [6.45, 7) is 0.571. The number of nitrogen functional groups attached to an aromatic ring is 1. The molecule has 3 aromatic rings. The Hall–Kier alpha value is -3.45. The average molecular weight is 430 g/mol. The fourth-order valence-corrected chi connectivity index (χ4v) is 4.61. The van der Waals surface area contributed by atoms with E-state index < -0.39 is 12.0 Å².